The Balaban J connectivity index is 1.60. The minimum Gasteiger partial charge on any atom is -0.495 e. The highest BCUT2D eigenvalue weighted by Gasteiger charge is 2.14. The number of carbonyl (C=O) groups is 1. The summed E-state index contributed by atoms with van der Waals surface area (Å²) in [5.74, 6) is 0.114. The van der Waals surface area contributed by atoms with Crippen molar-refractivity contribution in [2.24, 2.45) is 0 Å². The summed E-state index contributed by atoms with van der Waals surface area (Å²) in [5, 5.41) is 5.72. The van der Waals surface area contributed by atoms with Crippen molar-refractivity contribution in [1.29, 1.82) is 0 Å². The van der Waals surface area contributed by atoms with Gasteiger partial charge in [0.1, 0.15) is 11.6 Å². The number of methoxy groups -OCH3 is 1. The number of fused-ring (bicyclic) bond motifs is 1. The molecule has 152 valence electrons. The first-order chi connectivity index (χ1) is 14.5. The number of para-hydroxylation sites is 2. The van der Waals surface area contributed by atoms with Gasteiger partial charge in [0.2, 0.25) is 5.91 Å². The van der Waals surface area contributed by atoms with Crippen LogP contribution in [0.3, 0.4) is 0 Å². The number of aromatic nitrogens is 4. The van der Waals surface area contributed by atoms with E-state index in [1.807, 2.05) is 0 Å². The summed E-state index contributed by atoms with van der Waals surface area (Å²) in [4.78, 5) is 32.9. The van der Waals surface area contributed by atoms with Gasteiger partial charge in [-0.2, -0.15) is 0 Å². The zero-order valence-corrected chi connectivity index (χ0v) is 16.6. The number of carbonyl (C=O) groups excluding carboxylic acids is 1. The van der Waals surface area contributed by atoms with Crippen molar-refractivity contribution in [3.8, 4) is 17.1 Å². The third-order valence-corrected chi connectivity index (χ3v) is 5.06. The molecule has 0 bridgehead atoms. The number of anilines is 1. The van der Waals surface area contributed by atoms with Crippen LogP contribution in [0.25, 0.3) is 17.0 Å². The van der Waals surface area contributed by atoms with Crippen LogP contribution in [0.1, 0.15) is 0 Å². The monoisotopic (exact) mass is 425 g/mol. The quantitative estimate of drug-likeness (QED) is 0.461. The number of halogens is 1. The van der Waals surface area contributed by atoms with Gasteiger partial charge in [-0.15, -0.1) is 0 Å². The maximum absolute atomic E-state index is 13.6. The van der Waals surface area contributed by atoms with Crippen LogP contribution in [-0.2, 0) is 4.79 Å². The highest BCUT2D eigenvalue weighted by molar-refractivity contribution is 7.99. The van der Waals surface area contributed by atoms with E-state index in [9.17, 15) is 14.0 Å². The molecular formula is C20H16FN5O3S. The van der Waals surface area contributed by atoms with Gasteiger partial charge in [0.25, 0.3) is 5.56 Å². The average Bonchev–Trinajstić information content (AvgIpc) is 3.12. The second-order valence-corrected chi connectivity index (χ2v) is 7.13. The highest BCUT2D eigenvalue weighted by Crippen LogP contribution is 2.25. The molecule has 0 atom stereocenters. The first-order valence-corrected chi connectivity index (χ1v) is 9.83. The molecule has 0 saturated carbocycles. The predicted octanol–water partition coefficient (Wildman–Crippen LogP) is 2.96. The van der Waals surface area contributed by atoms with Gasteiger partial charge >= 0.3 is 0 Å². The minimum atomic E-state index is -0.423. The maximum Gasteiger partial charge on any atom is 0.266 e. The fourth-order valence-corrected chi connectivity index (χ4v) is 3.55. The molecule has 8 nitrogen and oxygen atoms in total. The Bertz CT molecular complexity index is 1290. The van der Waals surface area contributed by atoms with Gasteiger partial charge in [0.05, 0.1) is 18.6 Å². The van der Waals surface area contributed by atoms with E-state index in [-0.39, 0.29) is 23.0 Å². The first kappa shape index (κ1) is 19.6. The molecule has 0 spiro atoms. The van der Waals surface area contributed by atoms with Crippen LogP contribution >= 0.6 is 11.8 Å². The molecule has 0 aliphatic rings. The summed E-state index contributed by atoms with van der Waals surface area (Å²) >= 11 is 1.11. The average molecular weight is 425 g/mol. The van der Waals surface area contributed by atoms with E-state index in [1.165, 1.54) is 29.8 Å². The van der Waals surface area contributed by atoms with Crippen LogP contribution < -0.4 is 15.6 Å². The molecule has 0 radical (unpaired) electrons. The largest absolute Gasteiger partial charge is 0.495 e. The third-order valence-electron chi connectivity index (χ3n) is 4.12. The van der Waals surface area contributed by atoms with Crippen molar-refractivity contribution in [1.82, 2.24) is 19.6 Å². The lowest BCUT2D eigenvalue weighted by Gasteiger charge is -2.10. The van der Waals surface area contributed by atoms with E-state index < -0.39 is 5.82 Å². The number of rotatable bonds is 6. The van der Waals surface area contributed by atoms with E-state index in [1.54, 1.807) is 36.4 Å². The van der Waals surface area contributed by atoms with E-state index in [4.69, 9.17) is 4.74 Å². The maximum atomic E-state index is 13.6. The number of ether oxygens (including phenoxy) is 1. The van der Waals surface area contributed by atoms with Crippen LogP contribution in [0.2, 0.25) is 0 Å². The summed E-state index contributed by atoms with van der Waals surface area (Å²) in [6.45, 7) is 0. The fourth-order valence-electron chi connectivity index (χ4n) is 2.80. The van der Waals surface area contributed by atoms with Gasteiger partial charge in [-0.1, -0.05) is 36.0 Å². The van der Waals surface area contributed by atoms with Gasteiger partial charge in [-0.3, -0.25) is 14.7 Å². The number of thioether (sulfide) groups is 1. The second-order valence-electron chi connectivity index (χ2n) is 6.19. The zero-order chi connectivity index (χ0) is 21.1. The van der Waals surface area contributed by atoms with Crippen molar-refractivity contribution in [2.75, 3.05) is 18.2 Å². The summed E-state index contributed by atoms with van der Waals surface area (Å²) < 4.78 is 20.2. The van der Waals surface area contributed by atoms with Gasteiger partial charge < -0.3 is 10.1 Å². The molecule has 30 heavy (non-hydrogen) atoms. The number of hydrogen-bond donors (Lipinski definition) is 2. The molecule has 0 unspecified atom stereocenters. The number of H-pyrrole nitrogens is 1. The molecular weight excluding hydrogens is 409 g/mol. The van der Waals surface area contributed by atoms with Crippen LogP contribution in [-0.4, -0.2) is 38.4 Å². The predicted molar refractivity (Wildman–Crippen MR) is 111 cm³/mol. The number of nitrogens with zero attached hydrogens (tertiary/aromatic N) is 3. The van der Waals surface area contributed by atoms with Crippen molar-refractivity contribution >= 4 is 29.0 Å². The van der Waals surface area contributed by atoms with Crippen molar-refractivity contribution in [3.63, 3.8) is 0 Å². The Morgan fingerprint density at radius 2 is 2.03 bits per heavy atom. The Labute approximate surface area is 174 Å². The Morgan fingerprint density at radius 3 is 2.83 bits per heavy atom. The third kappa shape index (κ3) is 4.18. The van der Waals surface area contributed by atoms with Crippen LogP contribution in [0.4, 0.5) is 10.1 Å². The smallest absolute Gasteiger partial charge is 0.266 e. The second kappa shape index (κ2) is 8.37. The standard InChI is InChI=1S/C20H16FN5O3S/c1-29-15-8-3-2-7-14(15)22-18(28)11-30-20-24-19(12-5-4-6-13(21)9-12)23-16-10-17(27)25-26(16)20/h2-10H,11H2,1H3,(H,22,28)(H,25,27). The minimum absolute atomic E-state index is 0.0208. The Kier molecular flexibility index (Phi) is 5.48. The van der Waals surface area contributed by atoms with Gasteiger partial charge in [-0.25, -0.2) is 18.9 Å². The van der Waals surface area contributed by atoms with Crippen LogP contribution in [0.15, 0.2) is 64.5 Å². The SMILES string of the molecule is COc1ccccc1NC(=O)CSc1nc(-c2cccc(F)c2)nc2cc(=O)[nH]n12. The molecule has 2 aromatic carbocycles. The van der Waals surface area contributed by atoms with E-state index in [0.717, 1.165) is 11.8 Å². The van der Waals surface area contributed by atoms with E-state index in [2.05, 4.69) is 20.4 Å². The fraction of sp³-hybridized carbons (Fsp3) is 0.100. The lowest BCUT2D eigenvalue weighted by molar-refractivity contribution is -0.113. The lowest BCUT2D eigenvalue weighted by Crippen LogP contribution is -2.15. The van der Waals surface area contributed by atoms with Crippen LogP contribution in [0, 0.1) is 5.82 Å². The molecule has 2 heterocycles. The number of hydrogen-bond acceptors (Lipinski definition) is 6. The number of nitrogens with one attached hydrogen (secondary N) is 2. The molecule has 2 N–H and O–H groups in total. The van der Waals surface area contributed by atoms with Crippen molar-refractivity contribution in [3.05, 3.63) is 70.8 Å². The first-order valence-electron chi connectivity index (χ1n) is 8.85. The summed E-state index contributed by atoms with van der Waals surface area (Å²) in [5.41, 5.74) is 0.975. The Hall–Kier alpha value is -3.66. The summed E-state index contributed by atoms with van der Waals surface area (Å²) in [7, 11) is 1.52. The normalized spacial score (nSPS) is 10.9. The number of benzene rings is 2. The van der Waals surface area contributed by atoms with E-state index >= 15 is 0 Å². The van der Waals surface area contributed by atoms with E-state index in [0.29, 0.717) is 27.8 Å². The van der Waals surface area contributed by atoms with Crippen molar-refractivity contribution < 1.29 is 13.9 Å². The molecule has 0 saturated heterocycles. The molecule has 4 rings (SSSR count). The molecule has 4 aromatic rings. The topological polar surface area (TPSA) is 101 Å². The van der Waals surface area contributed by atoms with Crippen LogP contribution in [0.5, 0.6) is 5.75 Å². The van der Waals surface area contributed by atoms with Gasteiger partial charge in [0.15, 0.2) is 16.6 Å². The summed E-state index contributed by atoms with van der Waals surface area (Å²) in [6, 6.07) is 14.2. The number of aromatic amines is 1. The molecule has 0 aliphatic carbocycles. The molecule has 10 heteroatoms. The zero-order valence-electron chi connectivity index (χ0n) is 15.8. The van der Waals surface area contributed by atoms with Gasteiger partial charge in [0, 0.05) is 11.6 Å². The lowest BCUT2D eigenvalue weighted by atomic mass is 10.2. The molecule has 2 aromatic heterocycles. The molecule has 0 fully saturated rings. The molecule has 0 aliphatic heterocycles. The Morgan fingerprint density at radius 1 is 1.20 bits per heavy atom. The summed E-state index contributed by atoms with van der Waals surface area (Å²) in [6.07, 6.45) is 0. The van der Waals surface area contributed by atoms with Crippen molar-refractivity contribution in [2.45, 2.75) is 5.16 Å². The van der Waals surface area contributed by atoms with Gasteiger partial charge in [-0.05, 0) is 24.3 Å². The highest BCUT2D eigenvalue weighted by atomic mass is 32.2. The number of amides is 1. The molecule has 1 amide bonds.